The molecule has 3 unspecified atom stereocenters. The second-order valence-electron chi connectivity index (χ2n) is 5.89. The number of nitrogens with one attached hydrogen (secondary N) is 1. The van der Waals surface area contributed by atoms with Crippen LogP contribution in [0.2, 0.25) is 0 Å². The van der Waals surface area contributed by atoms with Crippen molar-refractivity contribution in [3.63, 3.8) is 0 Å². The van der Waals surface area contributed by atoms with Gasteiger partial charge in [-0.05, 0) is 32.6 Å². The Morgan fingerprint density at radius 1 is 1.40 bits per heavy atom. The van der Waals surface area contributed by atoms with Gasteiger partial charge in [-0.1, -0.05) is 0 Å². The van der Waals surface area contributed by atoms with Crippen molar-refractivity contribution < 1.29 is 24.2 Å². The summed E-state index contributed by atoms with van der Waals surface area (Å²) in [6.45, 7) is 2.82. The van der Waals surface area contributed by atoms with E-state index in [2.05, 4.69) is 5.32 Å². The summed E-state index contributed by atoms with van der Waals surface area (Å²) >= 11 is 0. The fraction of sp³-hybridized carbons (Fsp3) is 0.857. The zero-order valence-electron chi connectivity index (χ0n) is 11.9. The number of hydrogen-bond donors (Lipinski definition) is 2. The Balaban J connectivity index is 1.78. The van der Waals surface area contributed by atoms with Gasteiger partial charge in [-0.2, -0.15) is 0 Å². The predicted octanol–water partition coefficient (Wildman–Crippen LogP) is 1.08. The molecule has 0 radical (unpaired) electrons. The molecule has 2 heterocycles. The highest BCUT2D eigenvalue weighted by molar-refractivity contribution is 5.78. The summed E-state index contributed by atoms with van der Waals surface area (Å²) in [5.41, 5.74) is -0.729. The molecular formula is C14H23NO5. The summed E-state index contributed by atoms with van der Waals surface area (Å²) in [6, 6.07) is 0. The fourth-order valence-corrected chi connectivity index (χ4v) is 2.93. The number of carbonyl (C=O) groups excluding carboxylic acids is 1. The van der Waals surface area contributed by atoms with Crippen LogP contribution in [0.15, 0.2) is 0 Å². The fourth-order valence-electron chi connectivity index (χ4n) is 2.93. The number of carbonyl (C=O) groups is 2. The Bertz CT molecular complexity index is 365. The normalized spacial score (nSPS) is 33.2. The topological polar surface area (TPSA) is 84.9 Å². The van der Waals surface area contributed by atoms with Gasteiger partial charge in [0.15, 0.2) is 0 Å². The second kappa shape index (κ2) is 6.54. The maximum atomic E-state index is 12.0. The second-order valence-corrected chi connectivity index (χ2v) is 5.89. The van der Waals surface area contributed by atoms with Crippen LogP contribution < -0.4 is 5.32 Å². The molecule has 3 atom stereocenters. The molecule has 0 aromatic heterocycles. The van der Waals surface area contributed by atoms with Gasteiger partial charge < -0.3 is 19.9 Å². The number of aliphatic carboxylic acids is 1. The van der Waals surface area contributed by atoms with Gasteiger partial charge in [0.05, 0.1) is 30.8 Å². The van der Waals surface area contributed by atoms with E-state index < -0.39 is 11.5 Å². The number of carboxylic acid groups (broad SMARTS) is 1. The van der Waals surface area contributed by atoms with Crippen molar-refractivity contribution in [2.24, 2.45) is 0 Å². The summed E-state index contributed by atoms with van der Waals surface area (Å²) in [4.78, 5) is 22.9. The molecular weight excluding hydrogens is 262 g/mol. The minimum atomic E-state index is -0.913. The van der Waals surface area contributed by atoms with Gasteiger partial charge in [0.25, 0.3) is 0 Å². The van der Waals surface area contributed by atoms with Crippen LogP contribution in [0, 0.1) is 0 Å². The third-order valence-corrected chi connectivity index (χ3v) is 4.01. The van der Waals surface area contributed by atoms with Crippen LogP contribution in [-0.4, -0.2) is 47.9 Å². The van der Waals surface area contributed by atoms with E-state index in [9.17, 15) is 9.59 Å². The lowest BCUT2D eigenvalue weighted by Gasteiger charge is -2.27. The average molecular weight is 285 g/mol. The van der Waals surface area contributed by atoms with Crippen molar-refractivity contribution in [3.8, 4) is 0 Å². The van der Waals surface area contributed by atoms with Gasteiger partial charge in [0.1, 0.15) is 0 Å². The monoisotopic (exact) mass is 285 g/mol. The van der Waals surface area contributed by atoms with Crippen LogP contribution in [0.4, 0.5) is 0 Å². The molecule has 6 heteroatoms. The maximum Gasteiger partial charge on any atom is 0.305 e. The lowest BCUT2D eigenvalue weighted by molar-refractivity contribution is -0.139. The van der Waals surface area contributed by atoms with Crippen molar-refractivity contribution in [2.75, 3.05) is 13.2 Å². The first-order chi connectivity index (χ1) is 9.49. The summed E-state index contributed by atoms with van der Waals surface area (Å²) < 4.78 is 10.9. The average Bonchev–Trinajstić information content (AvgIpc) is 2.95. The van der Waals surface area contributed by atoms with Crippen LogP contribution >= 0.6 is 0 Å². The number of rotatable bonds is 6. The zero-order chi connectivity index (χ0) is 14.6. The molecule has 2 aliphatic heterocycles. The third-order valence-electron chi connectivity index (χ3n) is 4.01. The Morgan fingerprint density at radius 2 is 2.20 bits per heavy atom. The third kappa shape index (κ3) is 4.18. The molecule has 20 heavy (non-hydrogen) atoms. The van der Waals surface area contributed by atoms with Crippen LogP contribution in [0.1, 0.15) is 45.4 Å². The highest BCUT2D eigenvalue weighted by Gasteiger charge is 2.38. The highest BCUT2D eigenvalue weighted by Crippen LogP contribution is 2.25. The first-order valence-electron chi connectivity index (χ1n) is 7.25. The van der Waals surface area contributed by atoms with E-state index in [1.807, 2.05) is 6.92 Å². The first kappa shape index (κ1) is 15.3. The van der Waals surface area contributed by atoms with Crippen molar-refractivity contribution in [2.45, 2.75) is 63.2 Å². The van der Waals surface area contributed by atoms with Gasteiger partial charge in [-0.15, -0.1) is 0 Å². The molecule has 2 rings (SSSR count). The molecule has 2 N–H and O–H groups in total. The van der Waals surface area contributed by atoms with Crippen molar-refractivity contribution in [1.29, 1.82) is 0 Å². The number of carboxylic acids is 1. The van der Waals surface area contributed by atoms with E-state index in [0.29, 0.717) is 25.9 Å². The first-order valence-corrected chi connectivity index (χ1v) is 7.25. The number of hydrogen-bond acceptors (Lipinski definition) is 4. The van der Waals surface area contributed by atoms with Crippen molar-refractivity contribution in [1.82, 2.24) is 5.32 Å². The Morgan fingerprint density at radius 3 is 2.75 bits per heavy atom. The molecule has 2 saturated heterocycles. The van der Waals surface area contributed by atoms with E-state index in [4.69, 9.17) is 14.6 Å². The molecule has 0 aliphatic carbocycles. The van der Waals surface area contributed by atoms with Gasteiger partial charge in [0.2, 0.25) is 5.91 Å². The van der Waals surface area contributed by atoms with Gasteiger partial charge in [-0.3, -0.25) is 9.59 Å². The summed E-state index contributed by atoms with van der Waals surface area (Å²) in [5, 5.41) is 11.8. The predicted molar refractivity (Wildman–Crippen MR) is 71.4 cm³/mol. The van der Waals surface area contributed by atoms with E-state index in [-0.39, 0.29) is 31.1 Å². The largest absolute Gasteiger partial charge is 0.481 e. The zero-order valence-corrected chi connectivity index (χ0v) is 11.9. The van der Waals surface area contributed by atoms with E-state index in [1.165, 1.54) is 0 Å². The lowest BCUT2D eigenvalue weighted by atomic mass is 9.94. The van der Waals surface area contributed by atoms with Crippen LogP contribution in [-0.2, 0) is 19.1 Å². The van der Waals surface area contributed by atoms with Gasteiger partial charge >= 0.3 is 5.97 Å². The van der Waals surface area contributed by atoms with Crippen LogP contribution in [0.5, 0.6) is 0 Å². The summed E-state index contributed by atoms with van der Waals surface area (Å²) in [7, 11) is 0. The molecule has 0 saturated carbocycles. The Labute approximate surface area is 118 Å². The molecule has 0 bridgehead atoms. The molecule has 0 aromatic rings. The Kier molecular flexibility index (Phi) is 4.99. The summed E-state index contributed by atoms with van der Waals surface area (Å²) in [5.74, 6) is -1.02. The van der Waals surface area contributed by atoms with Gasteiger partial charge in [0, 0.05) is 13.0 Å². The smallest absolute Gasteiger partial charge is 0.305 e. The number of ether oxygens (including phenoxy) is 2. The van der Waals surface area contributed by atoms with Crippen LogP contribution in [0.3, 0.4) is 0 Å². The SMILES string of the molecule is CC1CCC(CCC(=O)NC2(CC(=O)O)CCOC2)O1. The minimum Gasteiger partial charge on any atom is -0.481 e. The molecule has 114 valence electrons. The molecule has 1 amide bonds. The van der Waals surface area contributed by atoms with E-state index in [1.54, 1.807) is 0 Å². The lowest BCUT2D eigenvalue weighted by Crippen LogP contribution is -2.50. The summed E-state index contributed by atoms with van der Waals surface area (Å²) in [6.07, 6.45) is 4.02. The van der Waals surface area contributed by atoms with Crippen molar-refractivity contribution in [3.05, 3.63) is 0 Å². The molecule has 6 nitrogen and oxygen atoms in total. The standard InChI is InChI=1S/C14H23NO5/c1-10-2-3-11(20-10)4-5-12(16)15-14(8-13(17)18)6-7-19-9-14/h10-11H,2-9H2,1H3,(H,15,16)(H,17,18). The van der Waals surface area contributed by atoms with Crippen molar-refractivity contribution >= 4 is 11.9 Å². The Hall–Kier alpha value is -1.14. The maximum absolute atomic E-state index is 12.0. The van der Waals surface area contributed by atoms with Crippen LogP contribution in [0.25, 0.3) is 0 Å². The molecule has 2 aliphatic rings. The highest BCUT2D eigenvalue weighted by atomic mass is 16.5. The quantitative estimate of drug-likeness (QED) is 0.763. The molecule has 2 fully saturated rings. The van der Waals surface area contributed by atoms with Gasteiger partial charge in [-0.25, -0.2) is 0 Å². The molecule has 0 aromatic carbocycles. The number of amides is 1. The van der Waals surface area contributed by atoms with E-state index >= 15 is 0 Å². The minimum absolute atomic E-state index is 0.0876. The molecule has 0 spiro atoms. The van der Waals surface area contributed by atoms with E-state index in [0.717, 1.165) is 12.8 Å².